The number of aryl methyl sites for hydroxylation is 1. The Morgan fingerprint density at radius 3 is 2.33 bits per heavy atom. The molecular formula is C17H14F3N5O2. The molecule has 0 amide bonds. The highest BCUT2D eigenvalue weighted by Gasteiger charge is 2.35. The molecule has 0 aliphatic heterocycles. The Kier molecular flexibility index (Phi) is 4.80. The van der Waals surface area contributed by atoms with Gasteiger partial charge in [-0.05, 0) is 47.7 Å². The molecule has 3 aromatic rings. The molecule has 1 aromatic heterocycles. The van der Waals surface area contributed by atoms with Crippen LogP contribution in [0.5, 0.6) is 0 Å². The first-order chi connectivity index (χ1) is 12.8. The maximum absolute atomic E-state index is 13.3. The number of rotatable bonds is 4. The molecule has 3 rings (SSSR count). The zero-order chi connectivity index (χ0) is 19.6. The molecule has 10 heteroatoms. The number of hydrogen-bond acceptors (Lipinski definition) is 6. The zero-order valence-electron chi connectivity index (χ0n) is 14.3. The lowest BCUT2D eigenvalue weighted by Crippen LogP contribution is -2.08. The second-order valence-electron chi connectivity index (χ2n) is 5.55. The van der Waals surface area contributed by atoms with E-state index in [0.29, 0.717) is 16.9 Å². The van der Waals surface area contributed by atoms with Gasteiger partial charge in [-0.2, -0.15) is 18.0 Å². The molecule has 1 N–H and O–H groups in total. The Morgan fingerprint density at radius 2 is 1.78 bits per heavy atom. The van der Waals surface area contributed by atoms with Gasteiger partial charge in [-0.25, -0.2) is 4.79 Å². The quantitative estimate of drug-likeness (QED) is 0.702. The van der Waals surface area contributed by atoms with Gasteiger partial charge in [0.15, 0.2) is 0 Å². The van der Waals surface area contributed by atoms with Crippen molar-refractivity contribution in [2.75, 3.05) is 12.4 Å². The number of carbonyl (C=O) groups excluding carboxylic acids is 1. The van der Waals surface area contributed by atoms with Gasteiger partial charge in [-0.15, -0.1) is 10.2 Å². The summed E-state index contributed by atoms with van der Waals surface area (Å²) >= 11 is 0. The van der Waals surface area contributed by atoms with Crippen LogP contribution in [-0.4, -0.2) is 33.3 Å². The number of benzene rings is 2. The summed E-state index contributed by atoms with van der Waals surface area (Å²) in [5.74, 6) is -0.610. The summed E-state index contributed by atoms with van der Waals surface area (Å²) in [6, 6.07) is 9.88. The SMILES string of the molecule is COC(=O)c1ccc(Nc2ccc(C(F)(F)F)c(-c3nnn(C)n3)c2)cc1. The molecule has 140 valence electrons. The predicted molar refractivity (Wildman–Crippen MR) is 90.3 cm³/mol. The van der Waals surface area contributed by atoms with E-state index in [-0.39, 0.29) is 11.4 Å². The first-order valence-electron chi connectivity index (χ1n) is 7.69. The number of hydrogen-bond donors (Lipinski definition) is 1. The third-order valence-electron chi connectivity index (χ3n) is 3.67. The smallest absolute Gasteiger partial charge is 0.417 e. The van der Waals surface area contributed by atoms with E-state index >= 15 is 0 Å². The average molecular weight is 377 g/mol. The second kappa shape index (κ2) is 7.06. The Morgan fingerprint density at radius 1 is 1.11 bits per heavy atom. The molecule has 0 fully saturated rings. The fraction of sp³-hybridized carbons (Fsp3) is 0.176. The minimum Gasteiger partial charge on any atom is -0.465 e. The number of carbonyl (C=O) groups is 1. The van der Waals surface area contributed by atoms with Crippen LogP contribution in [0.1, 0.15) is 15.9 Å². The van der Waals surface area contributed by atoms with E-state index in [4.69, 9.17) is 0 Å². The molecule has 1 heterocycles. The first-order valence-corrected chi connectivity index (χ1v) is 7.69. The van der Waals surface area contributed by atoms with Gasteiger partial charge < -0.3 is 10.1 Å². The lowest BCUT2D eigenvalue weighted by molar-refractivity contribution is -0.137. The lowest BCUT2D eigenvalue weighted by Gasteiger charge is -2.13. The molecule has 0 atom stereocenters. The molecule has 0 aliphatic carbocycles. The van der Waals surface area contributed by atoms with Crippen molar-refractivity contribution in [3.63, 3.8) is 0 Å². The fourth-order valence-electron chi connectivity index (χ4n) is 2.42. The molecule has 0 aliphatic rings. The van der Waals surface area contributed by atoms with Crippen molar-refractivity contribution in [3.8, 4) is 11.4 Å². The van der Waals surface area contributed by atoms with E-state index in [2.05, 4.69) is 25.5 Å². The van der Waals surface area contributed by atoms with E-state index in [0.717, 1.165) is 10.9 Å². The number of alkyl halides is 3. The van der Waals surface area contributed by atoms with Gasteiger partial charge >= 0.3 is 12.1 Å². The number of anilines is 2. The average Bonchev–Trinajstić information content (AvgIpc) is 3.07. The van der Waals surface area contributed by atoms with Crippen LogP contribution in [0, 0.1) is 0 Å². The number of aromatic nitrogens is 4. The van der Waals surface area contributed by atoms with E-state index in [9.17, 15) is 18.0 Å². The van der Waals surface area contributed by atoms with Gasteiger partial charge in [-0.3, -0.25) is 0 Å². The molecular weight excluding hydrogens is 363 g/mol. The van der Waals surface area contributed by atoms with Gasteiger partial charge in [0.05, 0.1) is 25.3 Å². The van der Waals surface area contributed by atoms with Gasteiger partial charge in [0.1, 0.15) is 0 Å². The first kappa shape index (κ1) is 18.4. The number of methoxy groups -OCH3 is 1. The second-order valence-corrected chi connectivity index (χ2v) is 5.55. The summed E-state index contributed by atoms with van der Waals surface area (Å²) < 4.78 is 44.5. The van der Waals surface area contributed by atoms with Gasteiger partial charge in [0, 0.05) is 16.9 Å². The standard InChI is InChI=1S/C17H14F3N5O2/c1-25-23-15(22-24-25)13-9-12(7-8-14(13)17(18,19)20)21-11-5-3-10(4-6-11)16(26)27-2/h3-9,21H,1-2H3. The van der Waals surface area contributed by atoms with Crippen LogP contribution in [0.25, 0.3) is 11.4 Å². The van der Waals surface area contributed by atoms with Crippen LogP contribution in [0.2, 0.25) is 0 Å². The van der Waals surface area contributed by atoms with E-state index in [1.165, 1.54) is 26.3 Å². The van der Waals surface area contributed by atoms with Gasteiger partial charge in [0.2, 0.25) is 5.82 Å². The van der Waals surface area contributed by atoms with Gasteiger partial charge in [0.25, 0.3) is 0 Å². The van der Waals surface area contributed by atoms with E-state index in [1.54, 1.807) is 24.3 Å². The highest BCUT2D eigenvalue weighted by molar-refractivity contribution is 5.89. The van der Waals surface area contributed by atoms with Crippen LogP contribution in [0.3, 0.4) is 0 Å². The monoisotopic (exact) mass is 377 g/mol. The maximum atomic E-state index is 13.3. The lowest BCUT2D eigenvalue weighted by atomic mass is 10.1. The number of nitrogens with zero attached hydrogens (tertiary/aromatic N) is 4. The van der Waals surface area contributed by atoms with Crippen LogP contribution < -0.4 is 5.32 Å². The van der Waals surface area contributed by atoms with Gasteiger partial charge in [-0.1, -0.05) is 0 Å². The summed E-state index contributed by atoms with van der Waals surface area (Å²) in [4.78, 5) is 12.5. The Hall–Kier alpha value is -3.43. The molecule has 0 unspecified atom stereocenters. The van der Waals surface area contributed by atoms with Crippen molar-refractivity contribution >= 4 is 17.3 Å². The zero-order valence-corrected chi connectivity index (χ0v) is 14.3. The maximum Gasteiger partial charge on any atom is 0.417 e. The fourth-order valence-corrected chi connectivity index (χ4v) is 2.42. The van der Waals surface area contributed by atoms with Crippen LogP contribution >= 0.6 is 0 Å². The number of halogens is 3. The van der Waals surface area contributed by atoms with Crippen LogP contribution in [-0.2, 0) is 18.0 Å². The number of tetrazole rings is 1. The van der Waals surface area contributed by atoms with E-state index < -0.39 is 17.7 Å². The Bertz CT molecular complexity index is 967. The largest absolute Gasteiger partial charge is 0.465 e. The molecule has 0 bridgehead atoms. The van der Waals surface area contributed by atoms with Crippen molar-refractivity contribution in [1.29, 1.82) is 0 Å². The molecule has 7 nitrogen and oxygen atoms in total. The third kappa shape index (κ3) is 4.05. The van der Waals surface area contributed by atoms with Crippen molar-refractivity contribution in [2.45, 2.75) is 6.18 Å². The Balaban J connectivity index is 1.94. The summed E-state index contributed by atoms with van der Waals surface area (Å²) in [6.07, 6.45) is -4.56. The highest BCUT2D eigenvalue weighted by Crippen LogP contribution is 2.37. The topological polar surface area (TPSA) is 81.9 Å². The minimum atomic E-state index is -4.56. The number of nitrogens with one attached hydrogen (secondary N) is 1. The van der Waals surface area contributed by atoms with Crippen molar-refractivity contribution in [1.82, 2.24) is 20.2 Å². The predicted octanol–water partition coefficient (Wildman–Crippen LogP) is 3.43. The number of ether oxygens (including phenoxy) is 1. The molecule has 0 radical (unpaired) electrons. The summed E-state index contributed by atoms with van der Waals surface area (Å²) in [5.41, 5.74) is 0.297. The van der Waals surface area contributed by atoms with Crippen molar-refractivity contribution < 1.29 is 22.7 Å². The van der Waals surface area contributed by atoms with E-state index in [1.807, 2.05) is 0 Å². The van der Waals surface area contributed by atoms with Crippen LogP contribution in [0.15, 0.2) is 42.5 Å². The molecule has 0 spiro atoms. The molecule has 2 aromatic carbocycles. The summed E-state index contributed by atoms with van der Waals surface area (Å²) in [7, 11) is 2.74. The van der Waals surface area contributed by atoms with Crippen molar-refractivity contribution in [2.24, 2.45) is 7.05 Å². The number of esters is 1. The normalized spacial score (nSPS) is 11.3. The third-order valence-corrected chi connectivity index (χ3v) is 3.67. The molecule has 0 saturated heterocycles. The minimum absolute atomic E-state index is 0.130. The summed E-state index contributed by atoms with van der Waals surface area (Å²) in [6.45, 7) is 0. The molecule has 0 saturated carbocycles. The molecule has 27 heavy (non-hydrogen) atoms. The van der Waals surface area contributed by atoms with Crippen molar-refractivity contribution in [3.05, 3.63) is 53.6 Å². The summed E-state index contributed by atoms with van der Waals surface area (Å²) in [5, 5.41) is 14.1. The highest BCUT2D eigenvalue weighted by atomic mass is 19.4. The van der Waals surface area contributed by atoms with Crippen LogP contribution in [0.4, 0.5) is 24.5 Å². The Labute approximate surface area is 151 Å².